The van der Waals surface area contributed by atoms with E-state index in [-0.39, 0.29) is 35.6 Å². The molecule has 8 heteroatoms. The van der Waals surface area contributed by atoms with Gasteiger partial charge >= 0.3 is 6.03 Å². The fraction of sp³-hybridized carbons (Fsp3) is 0.857. The monoisotopic (exact) mass is 331 g/mol. The minimum atomic E-state index is -3.10. The van der Waals surface area contributed by atoms with Crippen molar-refractivity contribution in [3.8, 4) is 0 Å². The molecule has 0 radical (unpaired) electrons. The summed E-state index contributed by atoms with van der Waals surface area (Å²) in [5.41, 5.74) is 0.116. The van der Waals surface area contributed by atoms with Crippen molar-refractivity contribution in [1.82, 2.24) is 15.1 Å². The van der Waals surface area contributed by atoms with Gasteiger partial charge in [-0.2, -0.15) is 0 Å². The molecule has 22 heavy (non-hydrogen) atoms. The first-order valence-corrected chi connectivity index (χ1v) is 9.60. The number of urea groups is 1. The molecule has 1 spiro atoms. The van der Waals surface area contributed by atoms with Crippen molar-refractivity contribution in [2.75, 3.05) is 39.2 Å². The minimum Gasteiger partial charge on any atom is -0.342 e. The maximum Gasteiger partial charge on any atom is 0.317 e. The number of rotatable bonds is 4. The summed E-state index contributed by atoms with van der Waals surface area (Å²) in [5.74, 6) is -0.167. The van der Waals surface area contributed by atoms with E-state index in [9.17, 15) is 18.0 Å². The van der Waals surface area contributed by atoms with Gasteiger partial charge in [-0.1, -0.05) is 0 Å². The highest BCUT2D eigenvalue weighted by Crippen LogP contribution is 2.48. The van der Waals surface area contributed by atoms with Crippen molar-refractivity contribution < 1.29 is 18.0 Å². The van der Waals surface area contributed by atoms with Gasteiger partial charge in [0.15, 0.2) is 0 Å². The van der Waals surface area contributed by atoms with Crippen LogP contribution in [0.15, 0.2) is 0 Å². The van der Waals surface area contributed by atoms with E-state index >= 15 is 0 Å². The smallest absolute Gasteiger partial charge is 0.317 e. The molecule has 126 valence electrons. The Labute approximate surface area is 131 Å². The molecule has 0 aromatic heterocycles. The summed E-state index contributed by atoms with van der Waals surface area (Å²) >= 11 is 0. The zero-order valence-electron chi connectivity index (χ0n) is 13.5. The highest BCUT2D eigenvalue weighted by Gasteiger charge is 2.49. The number of nitrogens with one attached hydrogen (secondary N) is 1. The van der Waals surface area contributed by atoms with Gasteiger partial charge in [-0.25, -0.2) is 13.2 Å². The number of amides is 3. The third-order valence-corrected chi connectivity index (χ3v) is 5.52. The van der Waals surface area contributed by atoms with Crippen LogP contribution in [0.2, 0.25) is 0 Å². The number of hydrogen-bond acceptors (Lipinski definition) is 4. The summed E-state index contributed by atoms with van der Waals surface area (Å²) in [6.45, 7) is 1.38. The molecule has 3 amide bonds. The van der Waals surface area contributed by atoms with Crippen LogP contribution in [0, 0.1) is 5.41 Å². The summed E-state index contributed by atoms with van der Waals surface area (Å²) in [7, 11) is 0.321. The van der Waals surface area contributed by atoms with Crippen LogP contribution in [0.25, 0.3) is 0 Å². The second-order valence-electron chi connectivity index (χ2n) is 6.89. The molecular weight excluding hydrogens is 306 g/mol. The van der Waals surface area contributed by atoms with E-state index in [0.717, 1.165) is 25.5 Å². The lowest BCUT2D eigenvalue weighted by molar-refractivity contribution is -0.130. The Hall–Kier alpha value is -1.31. The van der Waals surface area contributed by atoms with Crippen molar-refractivity contribution in [3.05, 3.63) is 0 Å². The number of sulfone groups is 1. The second kappa shape index (κ2) is 6.06. The highest BCUT2D eigenvalue weighted by atomic mass is 32.2. The third-order valence-electron chi connectivity index (χ3n) is 4.57. The van der Waals surface area contributed by atoms with E-state index in [1.807, 2.05) is 0 Å². The van der Waals surface area contributed by atoms with Gasteiger partial charge < -0.3 is 15.1 Å². The Balaban J connectivity index is 1.77. The van der Waals surface area contributed by atoms with E-state index in [1.165, 1.54) is 4.90 Å². The molecule has 7 nitrogen and oxygen atoms in total. The van der Waals surface area contributed by atoms with E-state index in [4.69, 9.17) is 0 Å². The molecule has 0 aromatic carbocycles. The van der Waals surface area contributed by atoms with Crippen molar-refractivity contribution in [2.24, 2.45) is 5.41 Å². The molecule has 2 aliphatic rings. The lowest BCUT2D eigenvalue weighted by atomic mass is 9.65. The topological polar surface area (TPSA) is 86.8 Å². The van der Waals surface area contributed by atoms with E-state index in [2.05, 4.69) is 5.32 Å². The third kappa shape index (κ3) is 4.12. The molecule has 0 bridgehead atoms. The van der Waals surface area contributed by atoms with Gasteiger partial charge in [0, 0.05) is 45.9 Å². The molecule has 1 aliphatic carbocycles. The lowest BCUT2D eigenvalue weighted by Crippen LogP contribution is -2.54. The Morgan fingerprint density at radius 1 is 1.32 bits per heavy atom. The van der Waals surface area contributed by atoms with Gasteiger partial charge in [-0.15, -0.1) is 0 Å². The number of likely N-dealkylation sites (tertiary alicyclic amines) is 1. The minimum absolute atomic E-state index is 0.0652. The molecule has 1 saturated heterocycles. The first kappa shape index (κ1) is 17.1. The predicted molar refractivity (Wildman–Crippen MR) is 83.2 cm³/mol. The van der Waals surface area contributed by atoms with Gasteiger partial charge in [0.25, 0.3) is 0 Å². The van der Waals surface area contributed by atoms with Crippen LogP contribution < -0.4 is 5.32 Å². The molecule has 0 aromatic rings. The van der Waals surface area contributed by atoms with E-state index in [0.29, 0.717) is 13.1 Å². The second-order valence-corrected chi connectivity index (χ2v) is 9.15. The summed E-state index contributed by atoms with van der Waals surface area (Å²) in [6.07, 6.45) is 3.93. The largest absolute Gasteiger partial charge is 0.342 e. The molecule has 2 fully saturated rings. The molecule has 0 atom stereocenters. The van der Waals surface area contributed by atoms with Crippen molar-refractivity contribution in [2.45, 2.75) is 31.7 Å². The molecular formula is C14H25N3O4S. The Bertz CT molecular complexity index is 552. The van der Waals surface area contributed by atoms with E-state index < -0.39 is 9.84 Å². The van der Waals surface area contributed by atoms with Crippen LogP contribution >= 0.6 is 0 Å². The summed E-state index contributed by atoms with van der Waals surface area (Å²) < 4.78 is 22.3. The summed E-state index contributed by atoms with van der Waals surface area (Å²) in [6, 6.07) is 0.0971. The average Bonchev–Trinajstić information content (AvgIpc) is 2.79. The van der Waals surface area contributed by atoms with Gasteiger partial charge in [0.1, 0.15) is 9.84 Å². The van der Waals surface area contributed by atoms with Crippen LogP contribution in [0.3, 0.4) is 0 Å². The zero-order valence-corrected chi connectivity index (χ0v) is 14.3. The molecule has 1 saturated carbocycles. The number of carbonyl (C=O) groups is 2. The fourth-order valence-electron chi connectivity index (χ4n) is 3.30. The standard InChI is InChI=1S/C14H25N3O4S/c1-16(2)13(19)15-11-8-14(9-11)5-6-17(10-14)12(18)4-7-22(3,20)21/h11H,4-10H2,1-3H3,(H,15,19). The predicted octanol–water partition coefficient (Wildman–Crippen LogP) is 0.0734. The van der Waals surface area contributed by atoms with Crippen molar-refractivity contribution >= 4 is 21.8 Å². The molecule has 1 aliphatic heterocycles. The van der Waals surface area contributed by atoms with Gasteiger partial charge in [-0.3, -0.25) is 4.79 Å². The summed E-state index contributed by atoms with van der Waals surface area (Å²) in [4.78, 5) is 26.9. The molecule has 0 unspecified atom stereocenters. The SMILES string of the molecule is CN(C)C(=O)NC1CC2(CCN(C(=O)CCS(C)(=O)=O)C2)C1. The molecule has 1 heterocycles. The number of hydrogen-bond donors (Lipinski definition) is 1. The van der Waals surface area contributed by atoms with Crippen molar-refractivity contribution in [1.29, 1.82) is 0 Å². The highest BCUT2D eigenvalue weighted by molar-refractivity contribution is 7.90. The van der Waals surface area contributed by atoms with Gasteiger partial charge in [0.2, 0.25) is 5.91 Å². The maximum absolute atomic E-state index is 12.1. The molecule has 2 rings (SSSR count). The van der Waals surface area contributed by atoms with E-state index in [1.54, 1.807) is 19.0 Å². The normalized spacial score (nSPS) is 27.6. The first-order valence-electron chi connectivity index (χ1n) is 7.54. The van der Waals surface area contributed by atoms with Crippen molar-refractivity contribution in [3.63, 3.8) is 0 Å². The number of carbonyl (C=O) groups excluding carboxylic acids is 2. The maximum atomic E-state index is 12.1. The van der Waals surface area contributed by atoms with Crippen LogP contribution in [0.1, 0.15) is 25.7 Å². The van der Waals surface area contributed by atoms with Crippen LogP contribution in [0.4, 0.5) is 4.79 Å². The number of nitrogens with zero attached hydrogens (tertiary/aromatic N) is 2. The average molecular weight is 331 g/mol. The zero-order chi connectivity index (χ0) is 16.5. The van der Waals surface area contributed by atoms with Crippen LogP contribution in [-0.2, 0) is 14.6 Å². The Morgan fingerprint density at radius 2 is 1.95 bits per heavy atom. The quantitative estimate of drug-likeness (QED) is 0.790. The van der Waals surface area contributed by atoms with Crippen LogP contribution in [0.5, 0.6) is 0 Å². The fourth-order valence-corrected chi connectivity index (χ4v) is 3.85. The first-order chi connectivity index (χ1) is 10.1. The van der Waals surface area contributed by atoms with Gasteiger partial charge in [-0.05, 0) is 24.7 Å². The van der Waals surface area contributed by atoms with Crippen LogP contribution in [-0.4, -0.2) is 75.4 Å². The molecule has 1 N–H and O–H groups in total. The van der Waals surface area contributed by atoms with Gasteiger partial charge in [0.05, 0.1) is 5.75 Å². The Morgan fingerprint density at radius 3 is 2.50 bits per heavy atom. The Kier molecular flexibility index (Phi) is 4.70. The summed E-state index contributed by atoms with van der Waals surface area (Å²) in [5, 5.41) is 2.96. The lowest BCUT2D eigenvalue weighted by Gasteiger charge is -2.45.